The van der Waals surface area contributed by atoms with Crippen molar-refractivity contribution in [3.63, 3.8) is 0 Å². The van der Waals surface area contributed by atoms with E-state index < -0.39 is 17.3 Å². The van der Waals surface area contributed by atoms with Gasteiger partial charge in [0.1, 0.15) is 6.33 Å². The van der Waals surface area contributed by atoms with Gasteiger partial charge >= 0.3 is 11.7 Å². The van der Waals surface area contributed by atoms with E-state index in [-0.39, 0.29) is 13.2 Å². The molecule has 0 aromatic carbocycles. The number of rotatable bonds is 4. The van der Waals surface area contributed by atoms with Gasteiger partial charge in [-0.15, -0.1) is 9.78 Å². The molecule has 8 nitrogen and oxygen atoms in total. The number of nitrogens with zero attached hydrogens (tertiary/aromatic N) is 2. The van der Waals surface area contributed by atoms with Crippen molar-refractivity contribution < 1.29 is 9.53 Å². The molecule has 1 amide bonds. The number of aromatic amines is 1. The molecule has 0 bridgehead atoms. The summed E-state index contributed by atoms with van der Waals surface area (Å²) in [5.74, 6) is 0. The minimum atomic E-state index is -0.732. The first-order valence-electron chi connectivity index (χ1n) is 4.66. The molecule has 0 aliphatic heterocycles. The highest BCUT2D eigenvalue weighted by Gasteiger charge is 2.26. The SMILES string of the molecule is COCC(C)(CN)NC(=O)n1nc[nH]c1=O. The van der Waals surface area contributed by atoms with E-state index in [0.29, 0.717) is 4.68 Å². The average molecular weight is 229 g/mol. The van der Waals surface area contributed by atoms with Crippen molar-refractivity contribution in [3.8, 4) is 0 Å². The zero-order valence-corrected chi connectivity index (χ0v) is 9.19. The highest BCUT2D eigenvalue weighted by Crippen LogP contribution is 2.01. The van der Waals surface area contributed by atoms with Crippen molar-refractivity contribution in [2.75, 3.05) is 20.3 Å². The Balaban J connectivity index is 2.77. The van der Waals surface area contributed by atoms with Crippen LogP contribution in [0.5, 0.6) is 0 Å². The monoisotopic (exact) mass is 229 g/mol. The molecule has 16 heavy (non-hydrogen) atoms. The Morgan fingerprint density at radius 2 is 2.50 bits per heavy atom. The van der Waals surface area contributed by atoms with Gasteiger partial charge in [0.2, 0.25) is 0 Å². The topological polar surface area (TPSA) is 115 Å². The first kappa shape index (κ1) is 12.4. The summed E-state index contributed by atoms with van der Waals surface area (Å²) < 4.78 is 5.62. The van der Waals surface area contributed by atoms with Crippen molar-refractivity contribution >= 4 is 6.03 Å². The number of H-pyrrole nitrogens is 1. The highest BCUT2D eigenvalue weighted by molar-refractivity contribution is 5.76. The summed E-state index contributed by atoms with van der Waals surface area (Å²) in [6.07, 6.45) is 1.14. The minimum absolute atomic E-state index is 0.186. The van der Waals surface area contributed by atoms with Crippen LogP contribution < -0.4 is 16.7 Å². The van der Waals surface area contributed by atoms with Gasteiger partial charge in [0.05, 0.1) is 12.1 Å². The normalized spacial score (nSPS) is 14.4. The molecule has 1 aromatic rings. The second-order valence-electron chi connectivity index (χ2n) is 3.63. The van der Waals surface area contributed by atoms with Crippen LogP contribution in [0.15, 0.2) is 11.1 Å². The molecule has 4 N–H and O–H groups in total. The number of hydrogen-bond donors (Lipinski definition) is 3. The fourth-order valence-electron chi connectivity index (χ4n) is 1.18. The average Bonchev–Trinajstić information content (AvgIpc) is 2.65. The third-order valence-corrected chi connectivity index (χ3v) is 2.07. The van der Waals surface area contributed by atoms with E-state index in [0.717, 1.165) is 6.33 Å². The first-order valence-corrected chi connectivity index (χ1v) is 4.66. The summed E-state index contributed by atoms with van der Waals surface area (Å²) in [6, 6.07) is -0.642. The van der Waals surface area contributed by atoms with Crippen LogP contribution in [-0.2, 0) is 4.74 Å². The molecular weight excluding hydrogens is 214 g/mol. The summed E-state index contributed by atoms with van der Waals surface area (Å²) >= 11 is 0. The number of methoxy groups -OCH3 is 1. The Morgan fingerprint density at radius 1 is 1.81 bits per heavy atom. The number of nitrogens with one attached hydrogen (secondary N) is 2. The smallest absolute Gasteiger partial charge is 0.351 e. The molecular formula is C8H15N5O3. The van der Waals surface area contributed by atoms with Gasteiger partial charge in [-0.2, -0.15) is 0 Å². The molecule has 8 heteroatoms. The number of carbonyl (C=O) groups is 1. The molecule has 1 atom stereocenters. The summed E-state index contributed by atoms with van der Waals surface area (Å²) in [6.45, 7) is 2.15. The van der Waals surface area contributed by atoms with Crippen LogP contribution in [-0.4, -0.2) is 46.6 Å². The third kappa shape index (κ3) is 2.67. The molecule has 1 unspecified atom stereocenters. The van der Waals surface area contributed by atoms with Crippen molar-refractivity contribution in [2.24, 2.45) is 5.73 Å². The van der Waals surface area contributed by atoms with Crippen LogP contribution in [0, 0.1) is 0 Å². The van der Waals surface area contributed by atoms with E-state index in [2.05, 4.69) is 15.4 Å². The van der Waals surface area contributed by atoms with Crippen molar-refractivity contribution in [3.05, 3.63) is 16.8 Å². The van der Waals surface area contributed by atoms with Crippen LogP contribution in [0.1, 0.15) is 6.92 Å². The predicted molar refractivity (Wildman–Crippen MR) is 56.1 cm³/mol. The first-order chi connectivity index (χ1) is 7.52. The van der Waals surface area contributed by atoms with Crippen molar-refractivity contribution in [1.29, 1.82) is 0 Å². The van der Waals surface area contributed by atoms with Gasteiger partial charge in [-0.1, -0.05) is 0 Å². The van der Waals surface area contributed by atoms with E-state index in [1.165, 1.54) is 7.11 Å². The molecule has 0 saturated heterocycles. The zero-order chi connectivity index (χ0) is 12.2. The number of amides is 1. The molecule has 0 aliphatic carbocycles. The Bertz CT molecular complexity index is 412. The van der Waals surface area contributed by atoms with Gasteiger partial charge in [-0.3, -0.25) is 4.98 Å². The lowest BCUT2D eigenvalue weighted by Gasteiger charge is -2.27. The van der Waals surface area contributed by atoms with Crippen LogP contribution in [0.2, 0.25) is 0 Å². The number of hydrogen-bond acceptors (Lipinski definition) is 5. The van der Waals surface area contributed by atoms with E-state index in [9.17, 15) is 9.59 Å². The van der Waals surface area contributed by atoms with Gasteiger partial charge < -0.3 is 15.8 Å². The number of carbonyl (C=O) groups excluding carboxylic acids is 1. The van der Waals surface area contributed by atoms with Gasteiger partial charge in [-0.05, 0) is 6.92 Å². The number of nitrogens with two attached hydrogens (primary N) is 1. The Hall–Kier alpha value is -1.67. The Labute approximate surface area is 91.8 Å². The maximum Gasteiger partial charge on any atom is 0.351 e. The maximum absolute atomic E-state index is 11.6. The zero-order valence-electron chi connectivity index (χ0n) is 9.19. The molecule has 1 rings (SSSR count). The Morgan fingerprint density at radius 3 is 2.94 bits per heavy atom. The molecule has 0 aliphatic rings. The van der Waals surface area contributed by atoms with Gasteiger partial charge in [0.15, 0.2) is 0 Å². The number of ether oxygens (including phenoxy) is 1. The minimum Gasteiger partial charge on any atom is -0.382 e. The lowest BCUT2D eigenvalue weighted by Crippen LogP contribution is -2.56. The standard InChI is InChI=1S/C8H15N5O3/c1-8(3-9,4-16-2)12-7(15)13-6(14)10-5-11-13/h5H,3-4,9H2,1-2H3,(H,12,15)(H,10,11,14). The summed E-state index contributed by atoms with van der Waals surface area (Å²) in [7, 11) is 1.50. The van der Waals surface area contributed by atoms with Crippen molar-refractivity contribution in [2.45, 2.75) is 12.5 Å². The number of aromatic nitrogens is 3. The second kappa shape index (κ2) is 4.90. The molecule has 0 fully saturated rings. The van der Waals surface area contributed by atoms with E-state index in [1.54, 1.807) is 6.92 Å². The summed E-state index contributed by atoms with van der Waals surface area (Å²) in [4.78, 5) is 25.0. The largest absolute Gasteiger partial charge is 0.382 e. The molecule has 1 heterocycles. The van der Waals surface area contributed by atoms with Crippen LogP contribution in [0.4, 0.5) is 4.79 Å². The van der Waals surface area contributed by atoms with Gasteiger partial charge in [0, 0.05) is 13.7 Å². The second-order valence-corrected chi connectivity index (χ2v) is 3.63. The lowest BCUT2D eigenvalue weighted by atomic mass is 10.1. The molecule has 0 saturated carbocycles. The van der Waals surface area contributed by atoms with E-state index in [1.807, 2.05) is 0 Å². The van der Waals surface area contributed by atoms with Crippen LogP contribution >= 0.6 is 0 Å². The van der Waals surface area contributed by atoms with Gasteiger partial charge in [0.25, 0.3) is 0 Å². The Kier molecular flexibility index (Phi) is 3.80. The lowest BCUT2D eigenvalue weighted by molar-refractivity contribution is 0.125. The molecule has 1 aromatic heterocycles. The summed E-state index contributed by atoms with van der Waals surface area (Å²) in [5, 5.41) is 6.13. The molecule has 0 spiro atoms. The fourth-order valence-corrected chi connectivity index (χ4v) is 1.18. The fraction of sp³-hybridized carbons (Fsp3) is 0.625. The van der Waals surface area contributed by atoms with Crippen LogP contribution in [0.3, 0.4) is 0 Å². The maximum atomic E-state index is 11.6. The molecule has 0 radical (unpaired) electrons. The van der Waals surface area contributed by atoms with Crippen LogP contribution in [0.25, 0.3) is 0 Å². The predicted octanol–water partition coefficient (Wildman–Crippen LogP) is -1.51. The quantitative estimate of drug-likeness (QED) is 0.580. The molecule has 90 valence electrons. The van der Waals surface area contributed by atoms with Crippen molar-refractivity contribution in [1.82, 2.24) is 20.1 Å². The highest BCUT2D eigenvalue weighted by atomic mass is 16.5. The van der Waals surface area contributed by atoms with E-state index in [4.69, 9.17) is 10.5 Å². The van der Waals surface area contributed by atoms with E-state index >= 15 is 0 Å². The van der Waals surface area contributed by atoms with Gasteiger partial charge in [-0.25, -0.2) is 9.59 Å². The third-order valence-electron chi connectivity index (χ3n) is 2.07. The summed E-state index contributed by atoms with van der Waals surface area (Å²) in [5.41, 5.74) is 4.19.